The highest BCUT2D eigenvalue weighted by Crippen LogP contribution is 2.33. The van der Waals surface area contributed by atoms with Crippen molar-refractivity contribution in [2.75, 3.05) is 51.0 Å². The van der Waals surface area contributed by atoms with Gasteiger partial charge in [0, 0.05) is 31.9 Å². The van der Waals surface area contributed by atoms with Crippen molar-refractivity contribution in [3.05, 3.63) is 34.7 Å². The number of carbonyl (C=O) groups is 1. The minimum absolute atomic E-state index is 0.000638. The zero-order valence-corrected chi connectivity index (χ0v) is 16.9. The summed E-state index contributed by atoms with van der Waals surface area (Å²) in [5, 5.41) is 0. The van der Waals surface area contributed by atoms with E-state index in [9.17, 15) is 4.79 Å². The number of amides is 1. The highest BCUT2D eigenvalue weighted by molar-refractivity contribution is 8.26. The number of anilines is 1. The van der Waals surface area contributed by atoms with Crippen LogP contribution in [0.5, 0.6) is 0 Å². The van der Waals surface area contributed by atoms with E-state index in [4.69, 9.17) is 17.0 Å². The fourth-order valence-corrected chi connectivity index (χ4v) is 4.33. The Morgan fingerprint density at radius 3 is 2.46 bits per heavy atom. The van der Waals surface area contributed by atoms with E-state index in [0.717, 1.165) is 31.7 Å². The molecule has 2 fully saturated rings. The van der Waals surface area contributed by atoms with Crippen molar-refractivity contribution in [2.24, 2.45) is 0 Å². The molecule has 0 saturated carbocycles. The molecule has 5 nitrogen and oxygen atoms in total. The summed E-state index contributed by atoms with van der Waals surface area (Å²) < 4.78 is 5.99. The summed E-state index contributed by atoms with van der Waals surface area (Å²) in [6, 6.07) is 8.32. The van der Waals surface area contributed by atoms with E-state index in [1.165, 1.54) is 17.4 Å². The molecule has 0 atom stereocenters. The van der Waals surface area contributed by atoms with Crippen LogP contribution in [0, 0.1) is 0 Å². The van der Waals surface area contributed by atoms with Gasteiger partial charge in [-0.1, -0.05) is 36.1 Å². The Morgan fingerprint density at radius 2 is 1.85 bits per heavy atom. The van der Waals surface area contributed by atoms with Crippen molar-refractivity contribution in [1.82, 2.24) is 9.80 Å². The van der Waals surface area contributed by atoms with Gasteiger partial charge in [0.25, 0.3) is 5.91 Å². The van der Waals surface area contributed by atoms with Crippen LogP contribution in [0.3, 0.4) is 0 Å². The summed E-state index contributed by atoms with van der Waals surface area (Å²) in [5.41, 5.74) is 2.22. The van der Waals surface area contributed by atoms with Gasteiger partial charge in [-0.25, -0.2) is 0 Å². The first-order valence-electron chi connectivity index (χ1n) is 9.02. The molecule has 2 saturated heterocycles. The van der Waals surface area contributed by atoms with Gasteiger partial charge in [0.15, 0.2) is 0 Å². The fourth-order valence-electron chi connectivity index (χ4n) is 3.09. The molecule has 0 radical (unpaired) electrons. The Morgan fingerprint density at radius 1 is 1.19 bits per heavy atom. The van der Waals surface area contributed by atoms with E-state index in [1.54, 1.807) is 4.90 Å². The summed E-state index contributed by atoms with van der Waals surface area (Å²) in [6.07, 6.45) is 1.94. The summed E-state index contributed by atoms with van der Waals surface area (Å²) in [6.45, 7) is 9.91. The molecule has 7 heteroatoms. The lowest BCUT2D eigenvalue weighted by Crippen LogP contribution is -2.45. The number of benzene rings is 1. The van der Waals surface area contributed by atoms with Gasteiger partial charge < -0.3 is 9.64 Å². The molecule has 0 N–H and O–H groups in total. The van der Waals surface area contributed by atoms with E-state index in [1.807, 2.05) is 6.08 Å². The van der Waals surface area contributed by atoms with Gasteiger partial charge in [-0.2, -0.15) is 0 Å². The summed E-state index contributed by atoms with van der Waals surface area (Å²) in [4.78, 5) is 19.6. The minimum atomic E-state index is -0.000638. The first kappa shape index (κ1) is 19.4. The molecule has 0 aliphatic carbocycles. The van der Waals surface area contributed by atoms with Crippen molar-refractivity contribution in [3.8, 4) is 0 Å². The normalized spacial score (nSPS) is 20.2. The standard InChI is InChI=1S/C19H25N3O2S2/c1-3-21(4-2)16-7-5-15(6-8-16)13-17-18(23)22(19(25)26-17)14-20-9-11-24-12-10-20/h5-8,13H,3-4,9-12,14H2,1-2H3. The number of hydrogen-bond donors (Lipinski definition) is 0. The van der Waals surface area contributed by atoms with Crippen molar-refractivity contribution in [3.63, 3.8) is 0 Å². The minimum Gasteiger partial charge on any atom is -0.379 e. The van der Waals surface area contributed by atoms with E-state index < -0.39 is 0 Å². The van der Waals surface area contributed by atoms with Crippen LogP contribution in [0.4, 0.5) is 5.69 Å². The third-order valence-corrected chi connectivity index (χ3v) is 6.02. The molecule has 0 spiro atoms. The zero-order valence-electron chi connectivity index (χ0n) is 15.3. The van der Waals surface area contributed by atoms with Crippen LogP contribution in [0.15, 0.2) is 29.2 Å². The number of carbonyl (C=O) groups excluding carboxylic acids is 1. The van der Waals surface area contributed by atoms with E-state index in [0.29, 0.717) is 29.1 Å². The molecule has 2 aliphatic rings. The average molecular weight is 392 g/mol. The number of thioether (sulfide) groups is 1. The third kappa shape index (κ3) is 4.46. The molecule has 1 aromatic carbocycles. The molecular formula is C19H25N3O2S2. The molecule has 3 rings (SSSR count). The number of nitrogens with zero attached hydrogens (tertiary/aromatic N) is 3. The Hall–Kier alpha value is -1.41. The largest absolute Gasteiger partial charge is 0.379 e. The average Bonchev–Trinajstić information content (AvgIpc) is 2.92. The molecule has 26 heavy (non-hydrogen) atoms. The molecular weight excluding hydrogens is 366 g/mol. The number of hydrogen-bond acceptors (Lipinski definition) is 6. The predicted octanol–water partition coefficient (Wildman–Crippen LogP) is 3.02. The Kier molecular flexibility index (Phi) is 6.69. The number of morpholine rings is 1. The van der Waals surface area contributed by atoms with Crippen LogP contribution >= 0.6 is 24.0 Å². The maximum atomic E-state index is 12.7. The Bertz CT molecular complexity index is 681. The Balaban J connectivity index is 1.69. The first-order chi connectivity index (χ1) is 12.6. The molecule has 2 heterocycles. The van der Waals surface area contributed by atoms with Crippen molar-refractivity contribution >= 4 is 46.0 Å². The molecule has 140 valence electrons. The lowest BCUT2D eigenvalue weighted by molar-refractivity contribution is -0.124. The lowest BCUT2D eigenvalue weighted by Gasteiger charge is -2.29. The van der Waals surface area contributed by atoms with Crippen LogP contribution in [-0.2, 0) is 9.53 Å². The maximum Gasteiger partial charge on any atom is 0.267 e. The SMILES string of the molecule is CCN(CC)c1ccc(C=C2SC(=S)N(CN3CCOCC3)C2=O)cc1. The van der Waals surface area contributed by atoms with E-state index >= 15 is 0 Å². The van der Waals surface area contributed by atoms with Crippen molar-refractivity contribution < 1.29 is 9.53 Å². The van der Waals surface area contributed by atoms with Crippen LogP contribution in [0.2, 0.25) is 0 Å². The van der Waals surface area contributed by atoms with Crippen LogP contribution in [0.1, 0.15) is 19.4 Å². The highest BCUT2D eigenvalue weighted by atomic mass is 32.2. The summed E-state index contributed by atoms with van der Waals surface area (Å²) in [7, 11) is 0. The summed E-state index contributed by atoms with van der Waals surface area (Å²) >= 11 is 6.81. The summed E-state index contributed by atoms with van der Waals surface area (Å²) in [5.74, 6) is -0.000638. The Labute approximate surface area is 165 Å². The maximum absolute atomic E-state index is 12.7. The molecule has 0 unspecified atom stereocenters. The van der Waals surface area contributed by atoms with Crippen LogP contribution in [0.25, 0.3) is 6.08 Å². The molecule has 2 aliphatic heterocycles. The number of rotatable bonds is 6. The van der Waals surface area contributed by atoms with E-state index in [-0.39, 0.29) is 5.91 Å². The van der Waals surface area contributed by atoms with E-state index in [2.05, 4.69) is 47.9 Å². The second kappa shape index (κ2) is 8.99. The first-order valence-corrected chi connectivity index (χ1v) is 10.2. The fraction of sp³-hybridized carbons (Fsp3) is 0.474. The van der Waals surface area contributed by atoms with Crippen LogP contribution < -0.4 is 4.90 Å². The number of ether oxygens (including phenoxy) is 1. The second-order valence-electron chi connectivity index (χ2n) is 6.25. The van der Waals surface area contributed by atoms with Crippen molar-refractivity contribution in [2.45, 2.75) is 13.8 Å². The van der Waals surface area contributed by atoms with Gasteiger partial charge in [0.2, 0.25) is 0 Å². The van der Waals surface area contributed by atoms with Gasteiger partial charge in [0.05, 0.1) is 24.8 Å². The lowest BCUT2D eigenvalue weighted by atomic mass is 10.1. The second-order valence-corrected chi connectivity index (χ2v) is 7.92. The van der Waals surface area contributed by atoms with Gasteiger partial charge in [-0.3, -0.25) is 14.6 Å². The zero-order chi connectivity index (χ0) is 18.5. The quantitative estimate of drug-likeness (QED) is 0.548. The van der Waals surface area contributed by atoms with Gasteiger partial charge >= 0.3 is 0 Å². The predicted molar refractivity (Wildman–Crippen MR) is 112 cm³/mol. The van der Waals surface area contributed by atoms with Gasteiger partial charge in [-0.15, -0.1) is 0 Å². The highest BCUT2D eigenvalue weighted by Gasteiger charge is 2.33. The topological polar surface area (TPSA) is 36.0 Å². The molecule has 0 bridgehead atoms. The third-order valence-electron chi connectivity index (χ3n) is 4.64. The van der Waals surface area contributed by atoms with Crippen LogP contribution in [-0.4, -0.2) is 66.1 Å². The molecule has 1 aromatic rings. The monoisotopic (exact) mass is 391 g/mol. The smallest absolute Gasteiger partial charge is 0.267 e. The molecule has 0 aromatic heterocycles. The van der Waals surface area contributed by atoms with Gasteiger partial charge in [-0.05, 0) is 37.6 Å². The van der Waals surface area contributed by atoms with Crippen molar-refractivity contribution in [1.29, 1.82) is 0 Å². The van der Waals surface area contributed by atoms with Gasteiger partial charge in [0.1, 0.15) is 4.32 Å². The number of thiocarbonyl (C=S) groups is 1. The molecule has 1 amide bonds.